The second-order valence-corrected chi connectivity index (χ2v) is 10.5. The van der Waals surface area contributed by atoms with Crippen molar-refractivity contribution in [2.24, 2.45) is 0 Å². The molecule has 9 heteroatoms. The molecule has 166 valence electrons. The lowest BCUT2D eigenvalue weighted by Gasteiger charge is -2.22. The van der Waals surface area contributed by atoms with E-state index in [2.05, 4.69) is 4.98 Å². The Kier molecular flexibility index (Phi) is 7.30. The first-order chi connectivity index (χ1) is 14.7. The van der Waals surface area contributed by atoms with Crippen LogP contribution in [0.4, 0.5) is 5.13 Å². The molecule has 0 aliphatic rings. The third kappa shape index (κ3) is 5.61. The van der Waals surface area contributed by atoms with Gasteiger partial charge in [-0.15, -0.1) is 0 Å². The summed E-state index contributed by atoms with van der Waals surface area (Å²) in [7, 11) is 0.0327. The maximum absolute atomic E-state index is 13.2. The van der Waals surface area contributed by atoms with Crippen molar-refractivity contribution in [1.82, 2.24) is 9.88 Å². The Bertz CT molecular complexity index is 1160. The van der Waals surface area contributed by atoms with Crippen LogP contribution in [0.3, 0.4) is 0 Å². The lowest BCUT2D eigenvalue weighted by atomic mass is 10.2. The molecule has 1 aromatic heterocycles. The third-order valence-electron chi connectivity index (χ3n) is 4.67. The van der Waals surface area contributed by atoms with Crippen molar-refractivity contribution < 1.29 is 17.9 Å². The largest absolute Gasteiger partial charge is 0.492 e. The lowest BCUT2D eigenvalue weighted by Crippen LogP contribution is -2.40. The number of hydrogen-bond acceptors (Lipinski definition) is 7. The minimum absolute atomic E-state index is 0.141. The number of benzene rings is 2. The van der Waals surface area contributed by atoms with Crippen molar-refractivity contribution >= 4 is 42.4 Å². The van der Waals surface area contributed by atoms with Crippen LogP contribution < -0.4 is 9.64 Å². The average molecular weight is 462 g/mol. The van der Waals surface area contributed by atoms with Crippen molar-refractivity contribution in [2.45, 2.75) is 18.7 Å². The van der Waals surface area contributed by atoms with E-state index in [4.69, 9.17) is 4.74 Å². The number of para-hydroxylation sites is 1. The molecular formula is C22H27N3O4S2. The van der Waals surface area contributed by atoms with Crippen LogP contribution in [0.5, 0.6) is 5.75 Å². The van der Waals surface area contributed by atoms with Gasteiger partial charge in [0, 0.05) is 13.1 Å². The van der Waals surface area contributed by atoms with Crippen molar-refractivity contribution in [3.8, 4) is 5.75 Å². The second kappa shape index (κ2) is 9.76. The van der Waals surface area contributed by atoms with E-state index in [0.717, 1.165) is 10.3 Å². The topological polar surface area (TPSA) is 79.8 Å². The zero-order valence-electron chi connectivity index (χ0n) is 18.2. The molecule has 0 saturated carbocycles. The lowest BCUT2D eigenvalue weighted by molar-refractivity contribution is -0.116. The van der Waals surface area contributed by atoms with Gasteiger partial charge in [-0.05, 0) is 52.2 Å². The highest BCUT2D eigenvalue weighted by molar-refractivity contribution is 7.92. The van der Waals surface area contributed by atoms with E-state index in [-0.39, 0.29) is 4.90 Å². The van der Waals surface area contributed by atoms with Crippen LogP contribution in [0, 0.1) is 6.92 Å². The fourth-order valence-electron chi connectivity index (χ4n) is 3.00. The van der Waals surface area contributed by atoms with Crippen LogP contribution in [0.2, 0.25) is 0 Å². The number of aromatic nitrogens is 1. The predicted octanol–water partition coefficient (Wildman–Crippen LogP) is 3.37. The van der Waals surface area contributed by atoms with Gasteiger partial charge in [-0.3, -0.25) is 9.69 Å². The molecule has 31 heavy (non-hydrogen) atoms. The molecule has 0 unspecified atom stereocenters. The number of sulfone groups is 1. The van der Waals surface area contributed by atoms with Crippen LogP contribution in [0.1, 0.15) is 12.5 Å². The maximum atomic E-state index is 13.2. The van der Waals surface area contributed by atoms with Gasteiger partial charge < -0.3 is 9.64 Å². The van der Waals surface area contributed by atoms with Crippen LogP contribution in [0.15, 0.2) is 47.4 Å². The van der Waals surface area contributed by atoms with E-state index in [0.29, 0.717) is 36.1 Å². The van der Waals surface area contributed by atoms with Crippen LogP contribution >= 0.6 is 11.3 Å². The van der Waals surface area contributed by atoms with Gasteiger partial charge in [0.25, 0.3) is 0 Å². The molecule has 7 nitrogen and oxygen atoms in total. The molecule has 0 spiro atoms. The maximum Gasteiger partial charge on any atom is 0.244 e. The van der Waals surface area contributed by atoms with Crippen LogP contribution in [0.25, 0.3) is 10.2 Å². The first kappa shape index (κ1) is 23.2. The smallest absolute Gasteiger partial charge is 0.244 e. The summed E-state index contributed by atoms with van der Waals surface area (Å²) in [6, 6.07) is 12.2. The minimum atomic E-state index is -3.77. The summed E-state index contributed by atoms with van der Waals surface area (Å²) in [5.74, 6) is -0.466. The van der Waals surface area contributed by atoms with Crippen molar-refractivity contribution in [3.63, 3.8) is 0 Å². The molecule has 0 saturated heterocycles. The number of ether oxygens (including phenoxy) is 1. The van der Waals surface area contributed by atoms with Gasteiger partial charge in [-0.2, -0.15) is 0 Å². The van der Waals surface area contributed by atoms with Gasteiger partial charge in [0.2, 0.25) is 5.91 Å². The molecule has 0 aliphatic heterocycles. The molecule has 1 amide bonds. The number of nitrogens with zero attached hydrogens (tertiary/aromatic N) is 3. The molecule has 1 heterocycles. The molecule has 3 rings (SSSR count). The standard InChI is InChI=1S/C22H27N3O4S2/c1-5-29-18-7-6-8-19-21(18)23-22(30-19)25(14-13-24(3)4)20(26)15-31(27,28)17-11-9-16(2)10-12-17/h6-12H,5,13-15H2,1-4H3. The number of thiazole rings is 1. The van der Waals surface area contributed by atoms with Crippen molar-refractivity contribution in [3.05, 3.63) is 48.0 Å². The van der Waals surface area contributed by atoms with E-state index in [9.17, 15) is 13.2 Å². The van der Waals surface area contributed by atoms with E-state index in [1.807, 2.05) is 51.0 Å². The van der Waals surface area contributed by atoms with E-state index in [1.165, 1.54) is 28.4 Å². The highest BCUT2D eigenvalue weighted by atomic mass is 32.2. The third-order valence-corrected chi connectivity index (χ3v) is 7.33. The van der Waals surface area contributed by atoms with Crippen molar-refractivity contribution in [1.29, 1.82) is 0 Å². The number of carbonyl (C=O) groups is 1. The summed E-state index contributed by atoms with van der Waals surface area (Å²) in [4.78, 5) is 21.3. The van der Waals surface area contributed by atoms with Gasteiger partial charge >= 0.3 is 0 Å². The van der Waals surface area contributed by atoms with Gasteiger partial charge in [-0.25, -0.2) is 13.4 Å². The summed E-state index contributed by atoms with van der Waals surface area (Å²) < 4.78 is 32.2. The molecule has 2 aromatic carbocycles. The Balaban J connectivity index is 1.93. The number of anilines is 1. The number of amides is 1. The zero-order chi connectivity index (χ0) is 22.6. The van der Waals surface area contributed by atoms with Gasteiger partial charge in [0.05, 0.1) is 16.2 Å². The summed E-state index contributed by atoms with van der Waals surface area (Å²) in [6.07, 6.45) is 0. The normalized spacial score (nSPS) is 11.8. The SMILES string of the molecule is CCOc1cccc2sc(N(CCN(C)C)C(=O)CS(=O)(=O)c3ccc(C)cc3)nc12. The minimum Gasteiger partial charge on any atom is -0.492 e. The van der Waals surface area contributed by atoms with E-state index in [1.54, 1.807) is 12.1 Å². The highest BCUT2D eigenvalue weighted by Gasteiger charge is 2.27. The van der Waals surface area contributed by atoms with Gasteiger partial charge in [-0.1, -0.05) is 35.1 Å². The average Bonchev–Trinajstić information content (AvgIpc) is 3.13. The number of aryl methyl sites for hydroxylation is 1. The van der Waals surface area contributed by atoms with Gasteiger partial charge in [0.15, 0.2) is 15.0 Å². The van der Waals surface area contributed by atoms with Gasteiger partial charge in [0.1, 0.15) is 17.0 Å². The Morgan fingerprint density at radius 3 is 2.45 bits per heavy atom. The Hall–Kier alpha value is -2.49. The quantitative estimate of drug-likeness (QED) is 0.486. The monoisotopic (exact) mass is 461 g/mol. The molecule has 0 radical (unpaired) electrons. The number of fused-ring (bicyclic) bond motifs is 1. The summed E-state index contributed by atoms with van der Waals surface area (Å²) in [5, 5.41) is 0.466. The Labute approximate surface area is 187 Å². The molecule has 3 aromatic rings. The zero-order valence-corrected chi connectivity index (χ0v) is 19.8. The van der Waals surface area contributed by atoms with Crippen molar-refractivity contribution in [2.75, 3.05) is 44.4 Å². The predicted molar refractivity (Wildman–Crippen MR) is 125 cm³/mol. The molecular weight excluding hydrogens is 434 g/mol. The number of rotatable bonds is 9. The molecule has 0 N–H and O–H groups in total. The first-order valence-electron chi connectivity index (χ1n) is 9.98. The fraction of sp³-hybridized carbons (Fsp3) is 0.364. The summed E-state index contributed by atoms with van der Waals surface area (Å²) in [5.41, 5.74) is 1.63. The van der Waals surface area contributed by atoms with E-state index >= 15 is 0 Å². The second-order valence-electron chi connectivity index (χ2n) is 7.45. The Morgan fingerprint density at radius 1 is 1.10 bits per heavy atom. The number of carbonyl (C=O) groups excluding carboxylic acids is 1. The molecule has 0 fully saturated rings. The van der Waals surface area contributed by atoms with Crippen LogP contribution in [-0.4, -0.2) is 63.8 Å². The highest BCUT2D eigenvalue weighted by Crippen LogP contribution is 2.34. The number of likely N-dealkylation sites (N-methyl/N-ethyl adjacent to an activating group) is 1. The fourth-order valence-corrected chi connectivity index (χ4v) is 5.22. The molecule has 0 atom stereocenters. The van der Waals surface area contributed by atoms with Crippen LogP contribution in [-0.2, 0) is 14.6 Å². The summed E-state index contributed by atoms with van der Waals surface area (Å²) >= 11 is 1.35. The van der Waals surface area contributed by atoms with E-state index < -0.39 is 21.5 Å². The molecule has 0 aliphatic carbocycles. The Morgan fingerprint density at radius 2 is 1.81 bits per heavy atom. The summed E-state index contributed by atoms with van der Waals surface area (Å²) in [6.45, 7) is 5.19. The first-order valence-corrected chi connectivity index (χ1v) is 12.4. The molecule has 0 bridgehead atoms. The number of hydrogen-bond donors (Lipinski definition) is 0.